The molecule has 1 aliphatic carbocycles. The molecule has 1 rings (SSSR count). The zero-order valence-corrected chi connectivity index (χ0v) is 26.1. The Morgan fingerprint density at radius 1 is 0.462 bits per heavy atom. The Morgan fingerprint density at radius 3 is 1.15 bits per heavy atom. The lowest BCUT2D eigenvalue weighted by molar-refractivity contribution is -0.138. The van der Waals surface area contributed by atoms with E-state index in [1.54, 1.807) is 0 Å². The Labute approximate surface area is 242 Å². The van der Waals surface area contributed by atoms with Crippen molar-refractivity contribution >= 4 is 11.9 Å². The number of carbonyl (C=O) groups is 2. The third-order valence-electron chi connectivity index (χ3n) is 9.63. The molecule has 4 unspecified atom stereocenters. The minimum Gasteiger partial charge on any atom is -0.481 e. The number of rotatable bonds is 27. The summed E-state index contributed by atoms with van der Waals surface area (Å²) in [5.74, 6) is 2.29. The van der Waals surface area contributed by atoms with Gasteiger partial charge in [0.05, 0.1) is 0 Å². The molecule has 4 nitrogen and oxygen atoms in total. The predicted octanol–water partition coefficient (Wildman–Crippen LogP) is 11.2. The van der Waals surface area contributed by atoms with Gasteiger partial charge in [0.15, 0.2) is 0 Å². The van der Waals surface area contributed by atoms with Crippen LogP contribution in [0.25, 0.3) is 0 Å². The Balaban J connectivity index is 2.70. The molecule has 0 spiro atoms. The van der Waals surface area contributed by atoms with E-state index in [1.807, 2.05) is 0 Å². The van der Waals surface area contributed by atoms with Crippen molar-refractivity contribution < 1.29 is 19.8 Å². The standard InChI is InChI=1S/C35H66O4/c1-3-5-7-11-18-24-32-31(23-17-12-9-14-20-26-34(36)37)29-28-30(22-16-8-6-4-2)33(32)25-19-13-10-15-21-27-35(38)39/h30-33H,3-29H2,1-2H3,(H,36,37)(H,38,39). The monoisotopic (exact) mass is 550 g/mol. The molecule has 0 heterocycles. The summed E-state index contributed by atoms with van der Waals surface area (Å²) < 4.78 is 0. The van der Waals surface area contributed by atoms with Gasteiger partial charge in [0.2, 0.25) is 0 Å². The van der Waals surface area contributed by atoms with E-state index in [4.69, 9.17) is 10.2 Å². The summed E-state index contributed by atoms with van der Waals surface area (Å²) in [6, 6.07) is 0. The van der Waals surface area contributed by atoms with Crippen LogP contribution in [0.4, 0.5) is 0 Å². The van der Waals surface area contributed by atoms with Gasteiger partial charge in [-0.3, -0.25) is 9.59 Å². The molecule has 230 valence electrons. The van der Waals surface area contributed by atoms with Crippen LogP contribution < -0.4 is 0 Å². The first-order valence-electron chi connectivity index (χ1n) is 17.4. The third kappa shape index (κ3) is 18.8. The van der Waals surface area contributed by atoms with E-state index < -0.39 is 11.9 Å². The van der Waals surface area contributed by atoms with Crippen LogP contribution in [0.2, 0.25) is 0 Å². The molecule has 4 heteroatoms. The van der Waals surface area contributed by atoms with E-state index in [9.17, 15) is 9.59 Å². The summed E-state index contributed by atoms with van der Waals surface area (Å²) in [6.07, 6.45) is 32.9. The molecule has 0 aliphatic heterocycles. The first-order chi connectivity index (χ1) is 19.0. The summed E-state index contributed by atoms with van der Waals surface area (Å²) in [4.78, 5) is 21.6. The normalized spacial score (nSPS) is 21.3. The molecule has 0 radical (unpaired) electrons. The van der Waals surface area contributed by atoms with Gasteiger partial charge in [0.1, 0.15) is 0 Å². The predicted molar refractivity (Wildman–Crippen MR) is 165 cm³/mol. The summed E-state index contributed by atoms with van der Waals surface area (Å²) in [5, 5.41) is 17.8. The topological polar surface area (TPSA) is 74.6 Å². The molecule has 0 aromatic heterocycles. The van der Waals surface area contributed by atoms with Crippen molar-refractivity contribution in [2.24, 2.45) is 23.7 Å². The highest BCUT2D eigenvalue weighted by molar-refractivity contribution is 5.66. The highest BCUT2D eigenvalue weighted by Crippen LogP contribution is 2.47. The first-order valence-corrected chi connectivity index (χ1v) is 17.4. The smallest absolute Gasteiger partial charge is 0.303 e. The van der Waals surface area contributed by atoms with Gasteiger partial charge >= 0.3 is 11.9 Å². The van der Waals surface area contributed by atoms with Crippen LogP contribution in [0.5, 0.6) is 0 Å². The van der Waals surface area contributed by atoms with Crippen molar-refractivity contribution in [3.63, 3.8) is 0 Å². The molecule has 0 amide bonds. The molecule has 0 saturated heterocycles. The third-order valence-corrected chi connectivity index (χ3v) is 9.63. The van der Waals surface area contributed by atoms with Crippen LogP contribution in [-0.2, 0) is 9.59 Å². The lowest BCUT2D eigenvalue weighted by Gasteiger charge is -2.44. The molecular weight excluding hydrogens is 484 g/mol. The SMILES string of the molecule is CCCCCCCC1C(CCCCCCCC(=O)O)CCC(CCCCCC)C1CCCCCCCC(=O)O. The van der Waals surface area contributed by atoms with E-state index in [2.05, 4.69) is 13.8 Å². The first kappa shape index (κ1) is 36.0. The molecule has 1 fully saturated rings. The van der Waals surface area contributed by atoms with Crippen LogP contribution in [0, 0.1) is 23.7 Å². The van der Waals surface area contributed by atoms with Crippen LogP contribution >= 0.6 is 0 Å². The molecule has 0 bridgehead atoms. The van der Waals surface area contributed by atoms with E-state index >= 15 is 0 Å². The van der Waals surface area contributed by atoms with Crippen molar-refractivity contribution in [2.75, 3.05) is 0 Å². The number of carboxylic acids is 2. The second kappa shape index (κ2) is 24.7. The summed E-state index contributed by atoms with van der Waals surface area (Å²) in [7, 11) is 0. The van der Waals surface area contributed by atoms with Crippen molar-refractivity contribution in [2.45, 2.75) is 187 Å². The van der Waals surface area contributed by atoms with Crippen LogP contribution in [0.1, 0.15) is 187 Å². The average Bonchev–Trinajstić information content (AvgIpc) is 2.91. The Bertz CT molecular complexity index is 589. The van der Waals surface area contributed by atoms with Crippen molar-refractivity contribution in [1.82, 2.24) is 0 Å². The molecule has 2 N–H and O–H groups in total. The lowest BCUT2D eigenvalue weighted by Crippen LogP contribution is -2.35. The highest BCUT2D eigenvalue weighted by atomic mass is 16.4. The maximum atomic E-state index is 10.8. The second-order valence-corrected chi connectivity index (χ2v) is 12.9. The van der Waals surface area contributed by atoms with Crippen LogP contribution in [-0.4, -0.2) is 22.2 Å². The van der Waals surface area contributed by atoms with Gasteiger partial charge < -0.3 is 10.2 Å². The van der Waals surface area contributed by atoms with Crippen LogP contribution in [0.15, 0.2) is 0 Å². The lowest BCUT2D eigenvalue weighted by atomic mass is 9.61. The van der Waals surface area contributed by atoms with Crippen molar-refractivity contribution in [1.29, 1.82) is 0 Å². The van der Waals surface area contributed by atoms with Gasteiger partial charge in [-0.1, -0.05) is 136 Å². The molecule has 1 aliphatic rings. The number of unbranched alkanes of at least 4 members (excludes halogenated alkanes) is 15. The quantitative estimate of drug-likeness (QED) is 0.0997. The zero-order valence-electron chi connectivity index (χ0n) is 26.1. The maximum absolute atomic E-state index is 10.8. The fraction of sp³-hybridized carbons (Fsp3) is 0.943. The minimum absolute atomic E-state index is 0.323. The molecular formula is C35H66O4. The fourth-order valence-corrected chi connectivity index (χ4v) is 7.39. The zero-order chi connectivity index (χ0) is 28.6. The van der Waals surface area contributed by atoms with Gasteiger partial charge in [0.25, 0.3) is 0 Å². The molecule has 0 aromatic rings. The number of aliphatic carboxylic acids is 2. The van der Waals surface area contributed by atoms with E-state index in [1.165, 1.54) is 135 Å². The Kier molecular flexibility index (Phi) is 22.8. The molecule has 1 saturated carbocycles. The van der Waals surface area contributed by atoms with E-state index in [-0.39, 0.29) is 0 Å². The molecule has 39 heavy (non-hydrogen) atoms. The summed E-state index contributed by atoms with van der Waals surface area (Å²) in [6.45, 7) is 4.62. The Morgan fingerprint density at radius 2 is 0.769 bits per heavy atom. The largest absolute Gasteiger partial charge is 0.481 e. The minimum atomic E-state index is -0.658. The Hall–Kier alpha value is -1.06. The van der Waals surface area contributed by atoms with Gasteiger partial charge in [0, 0.05) is 12.8 Å². The fourth-order valence-electron chi connectivity index (χ4n) is 7.39. The molecule has 0 aromatic carbocycles. The van der Waals surface area contributed by atoms with Crippen molar-refractivity contribution in [3.05, 3.63) is 0 Å². The maximum Gasteiger partial charge on any atom is 0.303 e. The van der Waals surface area contributed by atoms with E-state index in [0.717, 1.165) is 49.4 Å². The highest BCUT2D eigenvalue weighted by Gasteiger charge is 2.37. The van der Waals surface area contributed by atoms with Gasteiger partial charge in [-0.05, 0) is 62.2 Å². The average molecular weight is 551 g/mol. The second-order valence-electron chi connectivity index (χ2n) is 12.9. The summed E-state index contributed by atoms with van der Waals surface area (Å²) >= 11 is 0. The van der Waals surface area contributed by atoms with Crippen LogP contribution in [0.3, 0.4) is 0 Å². The molecule has 4 atom stereocenters. The number of hydrogen-bond acceptors (Lipinski definition) is 2. The van der Waals surface area contributed by atoms with E-state index in [0.29, 0.717) is 12.8 Å². The number of carboxylic acid groups (broad SMARTS) is 2. The number of hydrogen-bond donors (Lipinski definition) is 2. The summed E-state index contributed by atoms with van der Waals surface area (Å²) in [5.41, 5.74) is 0. The van der Waals surface area contributed by atoms with Gasteiger partial charge in [-0.2, -0.15) is 0 Å². The van der Waals surface area contributed by atoms with Gasteiger partial charge in [-0.15, -0.1) is 0 Å². The van der Waals surface area contributed by atoms with Gasteiger partial charge in [-0.25, -0.2) is 0 Å². The van der Waals surface area contributed by atoms with Crippen molar-refractivity contribution in [3.8, 4) is 0 Å².